The number of imide groups is 1. The Balaban J connectivity index is 1.86. The van der Waals surface area contributed by atoms with Crippen LogP contribution in [0.5, 0.6) is 0 Å². The van der Waals surface area contributed by atoms with Gasteiger partial charge in [-0.1, -0.05) is 45.0 Å². The van der Waals surface area contributed by atoms with Crippen LogP contribution in [0.1, 0.15) is 57.7 Å². The fourth-order valence-electron chi connectivity index (χ4n) is 4.35. The zero-order valence-electron chi connectivity index (χ0n) is 22.1. The third kappa shape index (κ3) is 7.67. The van der Waals surface area contributed by atoms with Crippen molar-refractivity contribution in [2.24, 2.45) is 11.1 Å². The Labute approximate surface area is 222 Å². The molecule has 1 saturated heterocycles. The molecule has 202 valence electrons. The van der Waals surface area contributed by atoms with E-state index >= 15 is 0 Å². The number of aryl methyl sites for hydroxylation is 1. The first-order chi connectivity index (χ1) is 17.5. The van der Waals surface area contributed by atoms with Crippen LogP contribution in [0.15, 0.2) is 29.8 Å². The standard InChI is InChI=1S/C27H39N5O4S/c1-17-23(37-16-30-17)19-10-8-18(9-11-19)15-32(25(35)21-13-20(33)14-29-21)26(36)24(27(2,3)4)31-22(34)7-5-6-12-28/h8-11,16,20-21,24,29,33H,5-7,12-15,28H2,1-4H3,(H,31,34)/t20-,21+,24-/m1/s1. The summed E-state index contributed by atoms with van der Waals surface area (Å²) in [6, 6.07) is 6.15. The number of carbonyl (C=O) groups excluding carboxylic acids is 3. The molecule has 2 aromatic rings. The summed E-state index contributed by atoms with van der Waals surface area (Å²) in [7, 11) is 0. The normalized spacial score (nSPS) is 18.4. The van der Waals surface area contributed by atoms with Crippen LogP contribution in [0.2, 0.25) is 0 Å². The SMILES string of the molecule is Cc1ncsc1-c1ccc(CN(C(=O)[C@@H]2C[C@@H](O)CN2)C(=O)[C@@H](NC(=O)CCCCN)C(C)(C)C)cc1. The summed E-state index contributed by atoms with van der Waals surface area (Å²) in [6.45, 7) is 8.40. The lowest BCUT2D eigenvalue weighted by atomic mass is 9.85. The highest BCUT2D eigenvalue weighted by Crippen LogP contribution is 2.28. The molecule has 0 unspecified atom stereocenters. The molecule has 0 spiro atoms. The topological polar surface area (TPSA) is 138 Å². The Kier molecular flexibility index (Phi) is 9.94. The van der Waals surface area contributed by atoms with Crippen molar-refractivity contribution in [2.45, 2.75) is 78.1 Å². The summed E-state index contributed by atoms with van der Waals surface area (Å²) in [5, 5.41) is 15.9. The smallest absolute Gasteiger partial charge is 0.252 e. The van der Waals surface area contributed by atoms with Gasteiger partial charge in [0.2, 0.25) is 11.8 Å². The summed E-state index contributed by atoms with van der Waals surface area (Å²) in [5.41, 5.74) is 9.47. The van der Waals surface area contributed by atoms with Gasteiger partial charge in [0, 0.05) is 13.0 Å². The Hall–Kier alpha value is -2.66. The Morgan fingerprint density at radius 3 is 2.49 bits per heavy atom. The number of benzene rings is 1. The molecule has 1 aromatic heterocycles. The molecular formula is C27H39N5O4S. The number of hydrogen-bond acceptors (Lipinski definition) is 8. The summed E-state index contributed by atoms with van der Waals surface area (Å²) in [4.78, 5) is 46.7. The van der Waals surface area contributed by atoms with Crippen LogP contribution >= 0.6 is 11.3 Å². The number of aliphatic hydroxyl groups excluding tert-OH is 1. The van der Waals surface area contributed by atoms with Crippen molar-refractivity contribution in [3.8, 4) is 10.4 Å². The molecule has 2 heterocycles. The van der Waals surface area contributed by atoms with E-state index in [9.17, 15) is 19.5 Å². The number of thiazole rings is 1. The van der Waals surface area contributed by atoms with Gasteiger partial charge in [-0.3, -0.25) is 19.3 Å². The third-order valence-electron chi connectivity index (χ3n) is 6.52. The third-order valence-corrected chi connectivity index (χ3v) is 7.49. The van der Waals surface area contributed by atoms with Crippen LogP contribution in [0, 0.1) is 12.3 Å². The second-order valence-corrected chi connectivity index (χ2v) is 11.5. The number of hydrogen-bond donors (Lipinski definition) is 4. The van der Waals surface area contributed by atoms with Gasteiger partial charge >= 0.3 is 0 Å². The first-order valence-corrected chi connectivity index (χ1v) is 13.6. The molecule has 1 aromatic carbocycles. The number of β-amino-alcohol motifs (C(OH)–C–C–N with tert-alkyl or cyclic N) is 1. The van der Waals surface area contributed by atoms with E-state index in [2.05, 4.69) is 15.6 Å². The van der Waals surface area contributed by atoms with E-state index in [0.717, 1.165) is 28.1 Å². The van der Waals surface area contributed by atoms with Gasteiger partial charge in [0.15, 0.2) is 0 Å². The number of nitrogens with zero attached hydrogens (tertiary/aromatic N) is 2. The molecule has 10 heteroatoms. The van der Waals surface area contributed by atoms with Crippen LogP contribution in [0.3, 0.4) is 0 Å². The largest absolute Gasteiger partial charge is 0.392 e. The molecule has 3 atom stereocenters. The van der Waals surface area contributed by atoms with Crippen LogP contribution in [0.4, 0.5) is 0 Å². The number of rotatable bonds is 10. The van der Waals surface area contributed by atoms with Crippen LogP contribution in [0.25, 0.3) is 10.4 Å². The molecule has 1 aliphatic rings. The van der Waals surface area contributed by atoms with Gasteiger partial charge in [0.25, 0.3) is 5.91 Å². The van der Waals surface area contributed by atoms with E-state index in [-0.39, 0.29) is 25.3 Å². The van der Waals surface area contributed by atoms with Gasteiger partial charge in [-0.2, -0.15) is 0 Å². The van der Waals surface area contributed by atoms with E-state index in [1.165, 1.54) is 4.90 Å². The molecular weight excluding hydrogens is 490 g/mol. The highest BCUT2D eigenvalue weighted by atomic mass is 32.1. The maximum atomic E-state index is 13.9. The number of aliphatic hydroxyl groups is 1. The quantitative estimate of drug-likeness (QED) is 0.347. The minimum atomic E-state index is -0.896. The second-order valence-electron chi connectivity index (χ2n) is 10.7. The van der Waals surface area contributed by atoms with Crippen molar-refractivity contribution in [2.75, 3.05) is 13.1 Å². The Bertz CT molecular complexity index is 1080. The molecule has 3 amide bonds. The fourth-order valence-corrected chi connectivity index (χ4v) is 5.16. The maximum absolute atomic E-state index is 13.9. The Morgan fingerprint density at radius 2 is 1.95 bits per heavy atom. The van der Waals surface area contributed by atoms with Gasteiger partial charge in [-0.15, -0.1) is 11.3 Å². The zero-order valence-corrected chi connectivity index (χ0v) is 22.9. The number of nitrogens with one attached hydrogen (secondary N) is 2. The van der Waals surface area contributed by atoms with Gasteiger partial charge in [0.05, 0.1) is 34.8 Å². The molecule has 0 aliphatic carbocycles. The molecule has 3 rings (SSSR count). The minimum absolute atomic E-state index is 0.0590. The van der Waals surface area contributed by atoms with Crippen molar-refractivity contribution in [3.05, 3.63) is 41.0 Å². The van der Waals surface area contributed by atoms with Crippen molar-refractivity contribution in [3.63, 3.8) is 0 Å². The lowest BCUT2D eigenvalue weighted by molar-refractivity contribution is -0.151. The summed E-state index contributed by atoms with van der Waals surface area (Å²) in [6.07, 6.45) is 1.20. The van der Waals surface area contributed by atoms with Gasteiger partial charge < -0.3 is 21.5 Å². The maximum Gasteiger partial charge on any atom is 0.252 e. The van der Waals surface area contributed by atoms with Crippen LogP contribution in [-0.4, -0.2) is 64.0 Å². The average molecular weight is 530 g/mol. The predicted molar refractivity (Wildman–Crippen MR) is 145 cm³/mol. The highest BCUT2D eigenvalue weighted by molar-refractivity contribution is 7.13. The van der Waals surface area contributed by atoms with E-state index in [1.54, 1.807) is 16.8 Å². The van der Waals surface area contributed by atoms with Crippen LogP contribution in [-0.2, 0) is 20.9 Å². The van der Waals surface area contributed by atoms with E-state index in [4.69, 9.17) is 5.73 Å². The minimum Gasteiger partial charge on any atom is -0.392 e. The number of amides is 3. The van der Waals surface area contributed by atoms with Crippen LogP contribution < -0.4 is 16.4 Å². The molecule has 0 bridgehead atoms. The first kappa shape index (κ1) is 28.9. The van der Waals surface area contributed by atoms with Gasteiger partial charge in [-0.05, 0) is 49.3 Å². The number of nitrogens with two attached hydrogens (primary N) is 1. The first-order valence-electron chi connectivity index (χ1n) is 12.8. The molecule has 5 N–H and O–H groups in total. The van der Waals surface area contributed by atoms with Crippen molar-refractivity contribution in [1.29, 1.82) is 0 Å². The lowest BCUT2D eigenvalue weighted by Crippen LogP contribution is -2.58. The van der Waals surface area contributed by atoms with E-state index in [1.807, 2.05) is 52.0 Å². The summed E-state index contributed by atoms with van der Waals surface area (Å²) < 4.78 is 0. The van der Waals surface area contributed by atoms with Crippen molar-refractivity contribution >= 4 is 29.1 Å². The molecule has 0 saturated carbocycles. The monoisotopic (exact) mass is 529 g/mol. The number of unbranched alkanes of at least 4 members (excludes halogenated alkanes) is 1. The average Bonchev–Trinajstić information content (AvgIpc) is 3.48. The fraction of sp³-hybridized carbons (Fsp3) is 0.556. The molecule has 1 aliphatic heterocycles. The van der Waals surface area contributed by atoms with Gasteiger partial charge in [-0.25, -0.2) is 4.98 Å². The lowest BCUT2D eigenvalue weighted by Gasteiger charge is -2.35. The second kappa shape index (κ2) is 12.7. The Morgan fingerprint density at radius 1 is 1.24 bits per heavy atom. The van der Waals surface area contributed by atoms with E-state index < -0.39 is 35.4 Å². The number of carbonyl (C=O) groups is 3. The molecule has 0 radical (unpaired) electrons. The highest BCUT2D eigenvalue weighted by Gasteiger charge is 2.41. The molecule has 37 heavy (non-hydrogen) atoms. The molecule has 9 nitrogen and oxygen atoms in total. The summed E-state index contributed by atoms with van der Waals surface area (Å²) >= 11 is 1.56. The van der Waals surface area contributed by atoms with E-state index in [0.29, 0.717) is 19.5 Å². The van der Waals surface area contributed by atoms with Gasteiger partial charge in [0.1, 0.15) is 6.04 Å². The number of aromatic nitrogens is 1. The molecule has 1 fully saturated rings. The van der Waals surface area contributed by atoms with Crippen molar-refractivity contribution in [1.82, 2.24) is 20.5 Å². The summed E-state index contributed by atoms with van der Waals surface area (Å²) in [5.74, 6) is -1.11. The zero-order chi connectivity index (χ0) is 27.2. The van der Waals surface area contributed by atoms with Crippen molar-refractivity contribution < 1.29 is 19.5 Å². The predicted octanol–water partition coefficient (Wildman–Crippen LogP) is 2.36.